The maximum Gasteiger partial charge on any atom is 0.198 e. The van der Waals surface area contributed by atoms with E-state index >= 15 is 0 Å². The smallest absolute Gasteiger partial charge is 0.198 e. The first-order chi connectivity index (χ1) is 6.91. The van der Waals surface area contributed by atoms with E-state index in [0.29, 0.717) is 12.8 Å². The standard InChI is InChI=1S/C12H20O2/c13-11-9-7-5-3-1-2-4-6-8-10-12-14/h1-10H2. The Kier molecular flexibility index (Phi) is 11.8. The fourth-order valence-electron chi connectivity index (χ4n) is 1.45. The zero-order valence-electron chi connectivity index (χ0n) is 8.89. The van der Waals surface area contributed by atoms with Gasteiger partial charge in [0.05, 0.1) is 0 Å². The van der Waals surface area contributed by atoms with Crippen molar-refractivity contribution in [3.63, 3.8) is 0 Å². The number of hydrogen-bond donors (Lipinski definition) is 0. The van der Waals surface area contributed by atoms with E-state index in [1.807, 2.05) is 12.6 Å². The minimum Gasteiger partial charge on any atom is -0.291 e. The van der Waals surface area contributed by atoms with Crippen LogP contribution in [0.25, 0.3) is 0 Å². The molecule has 0 N–H and O–H groups in total. The molecule has 0 aromatic heterocycles. The number of carbonyl (C=O) groups excluding carboxylic acids is 2. The molecule has 2 nitrogen and oxygen atoms in total. The van der Waals surface area contributed by atoms with Crippen LogP contribution in [-0.4, -0.2) is 12.6 Å². The molecule has 0 saturated heterocycles. The minimum atomic E-state index is 0.592. The lowest BCUT2D eigenvalue weighted by molar-refractivity contribution is 0.533. The third-order valence-corrected chi connectivity index (χ3v) is 2.31. The van der Waals surface area contributed by atoms with Crippen molar-refractivity contribution in [1.29, 1.82) is 0 Å². The second-order valence-corrected chi connectivity index (χ2v) is 3.62. The molecule has 2 radical (unpaired) electrons. The van der Waals surface area contributed by atoms with E-state index in [2.05, 4.69) is 0 Å². The Morgan fingerprint density at radius 3 is 1.07 bits per heavy atom. The molecule has 0 atom stereocenters. The molecule has 0 rings (SSSR count). The highest BCUT2D eigenvalue weighted by Crippen LogP contribution is 2.09. The fraction of sp³-hybridized carbons (Fsp3) is 0.833. The van der Waals surface area contributed by atoms with Crippen molar-refractivity contribution in [3.8, 4) is 0 Å². The first-order valence-corrected chi connectivity index (χ1v) is 5.62. The Bertz CT molecular complexity index is 116. The van der Waals surface area contributed by atoms with Gasteiger partial charge in [0.1, 0.15) is 0 Å². The molecule has 0 amide bonds. The summed E-state index contributed by atoms with van der Waals surface area (Å²) in [6.07, 6.45) is 14.2. The largest absolute Gasteiger partial charge is 0.291 e. The van der Waals surface area contributed by atoms with E-state index in [0.717, 1.165) is 25.7 Å². The van der Waals surface area contributed by atoms with Crippen molar-refractivity contribution < 1.29 is 9.59 Å². The Morgan fingerprint density at radius 2 is 0.786 bits per heavy atom. The van der Waals surface area contributed by atoms with Crippen molar-refractivity contribution in [2.24, 2.45) is 0 Å². The number of hydrogen-bond acceptors (Lipinski definition) is 2. The summed E-state index contributed by atoms with van der Waals surface area (Å²) in [4.78, 5) is 19.8. The molecule has 80 valence electrons. The van der Waals surface area contributed by atoms with Crippen LogP contribution in [0.3, 0.4) is 0 Å². The van der Waals surface area contributed by atoms with Crippen LogP contribution in [0, 0.1) is 0 Å². The van der Waals surface area contributed by atoms with E-state index in [1.165, 1.54) is 25.7 Å². The van der Waals surface area contributed by atoms with Gasteiger partial charge in [-0.3, -0.25) is 9.59 Å². The molecular weight excluding hydrogens is 176 g/mol. The molecule has 0 fully saturated rings. The summed E-state index contributed by atoms with van der Waals surface area (Å²) in [5.41, 5.74) is 0. The number of unbranched alkanes of at least 4 members (excludes halogenated alkanes) is 9. The lowest BCUT2D eigenvalue weighted by Gasteiger charge is -1.99. The molecule has 0 aliphatic carbocycles. The van der Waals surface area contributed by atoms with Crippen LogP contribution < -0.4 is 0 Å². The van der Waals surface area contributed by atoms with Gasteiger partial charge in [0, 0.05) is 12.8 Å². The van der Waals surface area contributed by atoms with E-state index in [1.54, 1.807) is 0 Å². The third kappa shape index (κ3) is 11.3. The van der Waals surface area contributed by atoms with Crippen molar-refractivity contribution in [3.05, 3.63) is 0 Å². The molecule has 2 heteroatoms. The second-order valence-electron chi connectivity index (χ2n) is 3.62. The summed E-state index contributed by atoms with van der Waals surface area (Å²) >= 11 is 0. The summed E-state index contributed by atoms with van der Waals surface area (Å²) in [7, 11) is 0. The lowest BCUT2D eigenvalue weighted by Crippen LogP contribution is -1.82. The third-order valence-electron chi connectivity index (χ3n) is 2.31. The van der Waals surface area contributed by atoms with Gasteiger partial charge in [-0.25, -0.2) is 0 Å². The molecule has 0 spiro atoms. The molecule has 0 bridgehead atoms. The van der Waals surface area contributed by atoms with Gasteiger partial charge >= 0.3 is 0 Å². The highest BCUT2D eigenvalue weighted by atomic mass is 16.1. The molecule has 0 aliphatic heterocycles. The van der Waals surface area contributed by atoms with Gasteiger partial charge in [0.15, 0.2) is 12.6 Å². The van der Waals surface area contributed by atoms with Gasteiger partial charge in [0.2, 0.25) is 0 Å². The zero-order chi connectivity index (χ0) is 10.5. The van der Waals surface area contributed by atoms with E-state index in [-0.39, 0.29) is 0 Å². The molecule has 14 heavy (non-hydrogen) atoms. The van der Waals surface area contributed by atoms with Crippen LogP contribution in [-0.2, 0) is 9.59 Å². The van der Waals surface area contributed by atoms with Crippen molar-refractivity contribution in [2.75, 3.05) is 0 Å². The van der Waals surface area contributed by atoms with Crippen LogP contribution in [0.4, 0.5) is 0 Å². The quantitative estimate of drug-likeness (QED) is 0.476. The van der Waals surface area contributed by atoms with Crippen molar-refractivity contribution in [1.82, 2.24) is 0 Å². The van der Waals surface area contributed by atoms with Crippen molar-refractivity contribution in [2.45, 2.75) is 64.2 Å². The first kappa shape index (κ1) is 13.3. The monoisotopic (exact) mass is 196 g/mol. The van der Waals surface area contributed by atoms with Crippen LogP contribution >= 0.6 is 0 Å². The Hall–Kier alpha value is -0.660. The minimum absolute atomic E-state index is 0.592. The van der Waals surface area contributed by atoms with Crippen molar-refractivity contribution >= 4 is 12.6 Å². The Morgan fingerprint density at radius 1 is 0.500 bits per heavy atom. The average molecular weight is 196 g/mol. The van der Waals surface area contributed by atoms with Gasteiger partial charge in [-0.1, -0.05) is 38.5 Å². The van der Waals surface area contributed by atoms with Crippen LogP contribution in [0.2, 0.25) is 0 Å². The molecule has 0 saturated carbocycles. The van der Waals surface area contributed by atoms with Gasteiger partial charge in [0.25, 0.3) is 0 Å². The summed E-state index contributed by atoms with van der Waals surface area (Å²) in [5.74, 6) is 0. The van der Waals surface area contributed by atoms with Crippen LogP contribution in [0.1, 0.15) is 64.2 Å². The summed E-state index contributed by atoms with van der Waals surface area (Å²) in [6, 6.07) is 0. The molecule has 0 aliphatic rings. The van der Waals surface area contributed by atoms with Gasteiger partial charge < -0.3 is 0 Å². The highest BCUT2D eigenvalue weighted by Gasteiger charge is 1.92. The molecule has 0 heterocycles. The van der Waals surface area contributed by atoms with Crippen LogP contribution in [0.5, 0.6) is 0 Å². The lowest BCUT2D eigenvalue weighted by atomic mass is 10.1. The first-order valence-electron chi connectivity index (χ1n) is 5.62. The maximum absolute atomic E-state index is 9.88. The van der Waals surface area contributed by atoms with E-state index < -0.39 is 0 Å². The predicted molar refractivity (Wildman–Crippen MR) is 57.6 cm³/mol. The zero-order valence-corrected chi connectivity index (χ0v) is 8.89. The predicted octanol–water partition coefficient (Wildman–Crippen LogP) is 3.11. The number of rotatable bonds is 11. The van der Waals surface area contributed by atoms with E-state index in [9.17, 15) is 9.59 Å². The van der Waals surface area contributed by atoms with Crippen LogP contribution in [0.15, 0.2) is 0 Å². The van der Waals surface area contributed by atoms with Gasteiger partial charge in [-0.2, -0.15) is 0 Å². The summed E-state index contributed by atoms with van der Waals surface area (Å²) in [6.45, 7) is 0. The molecule has 0 aromatic carbocycles. The second kappa shape index (κ2) is 12.3. The fourth-order valence-corrected chi connectivity index (χ4v) is 1.45. The highest BCUT2D eigenvalue weighted by molar-refractivity contribution is 5.50. The van der Waals surface area contributed by atoms with Gasteiger partial charge in [-0.15, -0.1) is 0 Å². The SMILES string of the molecule is O=[C]CCCCCCCCCC[C]=O. The molecule has 0 aromatic rings. The summed E-state index contributed by atoms with van der Waals surface area (Å²) < 4.78 is 0. The normalized spacial score (nSPS) is 10.0. The average Bonchev–Trinajstić information content (AvgIpc) is 2.21. The molecular formula is C12H20O2. The maximum atomic E-state index is 9.88. The Labute approximate surface area is 87.1 Å². The van der Waals surface area contributed by atoms with Gasteiger partial charge in [-0.05, 0) is 12.8 Å². The topological polar surface area (TPSA) is 34.1 Å². The summed E-state index contributed by atoms with van der Waals surface area (Å²) in [5, 5.41) is 0. The Balaban J connectivity index is 2.84. The van der Waals surface area contributed by atoms with E-state index in [4.69, 9.17) is 0 Å². The molecule has 0 unspecified atom stereocenters.